The van der Waals surface area contributed by atoms with Crippen molar-refractivity contribution in [3.8, 4) is 11.1 Å². The highest BCUT2D eigenvalue weighted by Gasteiger charge is 2.04. The molecular formula is C14H11N3O. The average Bonchev–Trinajstić information content (AvgIpc) is 2.39. The van der Waals surface area contributed by atoms with Gasteiger partial charge in [-0.25, -0.2) is 4.98 Å². The van der Waals surface area contributed by atoms with Gasteiger partial charge in [-0.3, -0.25) is 9.78 Å². The molecule has 0 saturated carbocycles. The number of nitrogens with one attached hydrogen (secondary N) is 1. The van der Waals surface area contributed by atoms with Gasteiger partial charge in [0.25, 0.3) is 5.56 Å². The standard InChI is InChI=1S/C14H11N3O/c1-9-16-13-3-2-11(8-12(13)14(18)17-9)10-4-6-15-7-5-10/h2-8H,1H3,(H,16,17,18). The van der Waals surface area contributed by atoms with Crippen LogP contribution in [0.5, 0.6) is 0 Å². The Morgan fingerprint density at radius 2 is 1.83 bits per heavy atom. The number of aromatic nitrogens is 3. The number of nitrogens with zero attached hydrogens (tertiary/aromatic N) is 2. The van der Waals surface area contributed by atoms with E-state index in [0.717, 1.165) is 11.1 Å². The molecule has 2 heterocycles. The van der Waals surface area contributed by atoms with Crippen LogP contribution in [-0.4, -0.2) is 15.0 Å². The van der Waals surface area contributed by atoms with Crippen molar-refractivity contribution in [2.45, 2.75) is 6.92 Å². The number of fused-ring (bicyclic) bond motifs is 1. The lowest BCUT2D eigenvalue weighted by atomic mass is 10.1. The second-order valence-electron chi connectivity index (χ2n) is 4.12. The quantitative estimate of drug-likeness (QED) is 0.706. The van der Waals surface area contributed by atoms with Gasteiger partial charge in [-0.15, -0.1) is 0 Å². The van der Waals surface area contributed by atoms with Crippen LogP contribution < -0.4 is 5.56 Å². The molecule has 1 aromatic carbocycles. The van der Waals surface area contributed by atoms with E-state index >= 15 is 0 Å². The maximum atomic E-state index is 11.9. The van der Waals surface area contributed by atoms with Crippen molar-refractivity contribution < 1.29 is 0 Å². The summed E-state index contributed by atoms with van der Waals surface area (Å²) >= 11 is 0. The van der Waals surface area contributed by atoms with Gasteiger partial charge >= 0.3 is 0 Å². The summed E-state index contributed by atoms with van der Waals surface area (Å²) in [5, 5.41) is 0.606. The van der Waals surface area contributed by atoms with Crippen molar-refractivity contribution >= 4 is 10.9 Å². The number of hydrogen-bond acceptors (Lipinski definition) is 3. The summed E-state index contributed by atoms with van der Waals surface area (Å²) in [7, 11) is 0. The number of rotatable bonds is 1. The predicted octanol–water partition coefficient (Wildman–Crippen LogP) is 2.29. The molecule has 3 aromatic rings. The first-order chi connectivity index (χ1) is 8.74. The van der Waals surface area contributed by atoms with E-state index in [4.69, 9.17) is 0 Å². The zero-order chi connectivity index (χ0) is 12.5. The molecule has 4 nitrogen and oxygen atoms in total. The third-order valence-corrected chi connectivity index (χ3v) is 2.84. The van der Waals surface area contributed by atoms with E-state index in [1.807, 2.05) is 30.3 Å². The van der Waals surface area contributed by atoms with Crippen molar-refractivity contribution in [1.82, 2.24) is 15.0 Å². The number of aryl methyl sites for hydroxylation is 1. The first kappa shape index (κ1) is 10.7. The van der Waals surface area contributed by atoms with Gasteiger partial charge in [0.15, 0.2) is 0 Å². The van der Waals surface area contributed by atoms with Crippen LogP contribution in [0.2, 0.25) is 0 Å². The van der Waals surface area contributed by atoms with E-state index in [-0.39, 0.29) is 5.56 Å². The Morgan fingerprint density at radius 3 is 2.61 bits per heavy atom. The molecule has 0 aliphatic rings. The minimum Gasteiger partial charge on any atom is -0.310 e. The monoisotopic (exact) mass is 237 g/mol. The Balaban J connectivity index is 2.27. The van der Waals surface area contributed by atoms with Crippen molar-refractivity contribution in [3.63, 3.8) is 0 Å². The summed E-state index contributed by atoms with van der Waals surface area (Å²) in [5.41, 5.74) is 2.63. The maximum Gasteiger partial charge on any atom is 0.258 e. The van der Waals surface area contributed by atoms with Crippen LogP contribution >= 0.6 is 0 Å². The van der Waals surface area contributed by atoms with E-state index in [1.54, 1.807) is 19.3 Å². The molecule has 88 valence electrons. The fourth-order valence-corrected chi connectivity index (χ4v) is 1.98. The Hall–Kier alpha value is -2.49. The Labute approximate surface area is 103 Å². The van der Waals surface area contributed by atoms with Gasteiger partial charge in [-0.2, -0.15) is 0 Å². The van der Waals surface area contributed by atoms with Gasteiger partial charge in [-0.05, 0) is 42.3 Å². The van der Waals surface area contributed by atoms with Crippen LogP contribution in [0, 0.1) is 6.92 Å². The van der Waals surface area contributed by atoms with Crippen molar-refractivity contribution in [1.29, 1.82) is 0 Å². The average molecular weight is 237 g/mol. The van der Waals surface area contributed by atoms with Crippen LogP contribution in [0.25, 0.3) is 22.0 Å². The molecule has 3 rings (SSSR count). The first-order valence-corrected chi connectivity index (χ1v) is 5.65. The van der Waals surface area contributed by atoms with Gasteiger partial charge in [0, 0.05) is 12.4 Å². The lowest BCUT2D eigenvalue weighted by Crippen LogP contribution is -2.09. The third-order valence-electron chi connectivity index (χ3n) is 2.84. The topological polar surface area (TPSA) is 58.6 Å². The Bertz CT molecular complexity index is 763. The highest BCUT2D eigenvalue weighted by atomic mass is 16.1. The number of H-pyrrole nitrogens is 1. The second kappa shape index (κ2) is 4.07. The van der Waals surface area contributed by atoms with Crippen LogP contribution in [-0.2, 0) is 0 Å². The molecule has 0 unspecified atom stereocenters. The molecule has 0 fully saturated rings. The van der Waals surface area contributed by atoms with Crippen LogP contribution in [0.1, 0.15) is 5.82 Å². The van der Waals surface area contributed by atoms with Gasteiger partial charge in [0.2, 0.25) is 0 Å². The van der Waals surface area contributed by atoms with E-state index < -0.39 is 0 Å². The molecule has 0 atom stereocenters. The zero-order valence-corrected chi connectivity index (χ0v) is 9.84. The van der Waals surface area contributed by atoms with E-state index in [9.17, 15) is 4.79 Å². The summed E-state index contributed by atoms with van der Waals surface area (Å²) < 4.78 is 0. The molecule has 0 bridgehead atoms. The number of hydrogen-bond donors (Lipinski definition) is 1. The molecule has 0 saturated heterocycles. The minimum absolute atomic E-state index is 0.103. The SMILES string of the molecule is Cc1nc2ccc(-c3ccncc3)cc2c(=O)[nH]1. The van der Waals surface area contributed by atoms with Crippen LogP contribution in [0.15, 0.2) is 47.5 Å². The van der Waals surface area contributed by atoms with Crippen LogP contribution in [0.3, 0.4) is 0 Å². The van der Waals surface area contributed by atoms with Crippen molar-refractivity contribution in [2.75, 3.05) is 0 Å². The molecule has 0 aliphatic heterocycles. The van der Waals surface area contributed by atoms with Crippen molar-refractivity contribution in [2.24, 2.45) is 0 Å². The molecule has 2 aromatic heterocycles. The molecule has 4 heteroatoms. The summed E-state index contributed by atoms with van der Waals surface area (Å²) in [4.78, 5) is 22.9. The maximum absolute atomic E-state index is 11.9. The van der Waals surface area contributed by atoms with Gasteiger partial charge in [0.1, 0.15) is 5.82 Å². The second-order valence-corrected chi connectivity index (χ2v) is 4.12. The number of benzene rings is 1. The highest BCUT2D eigenvalue weighted by molar-refractivity contribution is 5.83. The van der Waals surface area contributed by atoms with Gasteiger partial charge < -0.3 is 4.98 Å². The molecule has 0 radical (unpaired) electrons. The zero-order valence-electron chi connectivity index (χ0n) is 9.84. The van der Waals surface area contributed by atoms with E-state index in [2.05, 4.69) is 15.0 Å². The predicted molar refractivity (Wildman–Crippen MR) is 70.3 cm³/mol. The first-order valence-electron chi connectivity index (χ1n) is 5.65. The smallest absolute Gasteiger partial charge is 0.258 e. The fourth-order valence-electron chi connectivity index (χ4n) is 1.98. The summed E-state index contributed by atoms with van der Waals surface area (Å²) in [6.07, 6.45) is 3.47. The third kappa shape index (κ3) is 1.78. The van der Waals surface area contributed by atoms with E-state index in [0.29, 0.717) is 16.7 Å². The molecule has 0 spiro atoms. The van der Waals surface area contributed by atoms with Gasteiger partial charge in [-0.1, -0.05) is 6.07 Å². The molecule has 1 N–H and O–H groups in total. The molecular weight excluding hydrogens is 226 g/mol. The summed E-state index contributed by atoms with van der Waals surface area (Å²) in [6, 6.07) is 9.51. The molecule has 0 aliphatic carbocycles. The number of pyridine rings is 1. The normalized spacial score (nSPS) is 10.7. The fraction of sp³-hybridized carbons (Fsp3) is 0.0714. The number of aromatic amines is 1. The van der Waals surface area contributed by atoms with Crippen LogP contribution in [0.4, 0.5) is 0 Å². The van der Waals surface area contributed by atoms with Gasteiger partial charge in [0.05, 0.1) is 10.9 Å². The van der Waals surface area contributed by atoms with Crippen molar-refractivity contribution in [3.05, 3.63) is 58.9 Å². The molecule has 0 amide bonds. The minimum atomic E-state index is -0.103. The lowest BCUT2D eigenvalue weighted by molar-refractivity contribution is 1.06. The lowest BCUT2D eigenvalue weighted by Gasteiger charge is -2.03. The summed E-state index contributed by atoms with van der Waals surface area (Å²) in [6.45, 7) is 1.78. The Kier molecular flexibility index (Phi) is 2.41. The highest BCUT2D eigenvalue weighted by Crippen LogP contribution is 2.21. The summed E-state index contributed by atoms with van der Waals surface area (Å²) in [5.74, 6) is 0.629. The molecule has 18 heavy (non-hydrogen) atoms. The largest absolute Gasteiger partial charge is 0.310 e. The van der Waals surface area contributed by atoms with E-state index in [1.165, 1.54) is 0 Å². The Morgan fingerprint density at radius 1 is 1.06 bits per heavy atom.